The van der Waals surface area contributed by atoms with Gasteiger partial charge in [-0.05, 0) is 82.4 Å². The first-order valence-corrected chi connectivity index (χ1v) is 11.4. The summed E-state index contributed by atoms with van der Waals surface area (Å²) < 4.78 is 38.9. The second kappa shape index (κ2) is 8.28. The van der Waals surface area contributed by atoms with Crippen molar-refractivity contribution in [2.24, 2.45) is 5.41 Å². The molecule has 4 rings (SSSR count). The van der Waals surface area contributed by atoms with E-state index in [0.29, 0.717) is 12.8 Å². The molecule has 1 aromatic carbocycles. The Morgan fingerprint density at radius 1 is 1.06 bits per heavy atom. The molecule has 6 nitrogen and oxygen atoms in total. The molecule has 8 heteroatoms. The molecule has 1 aliphatic carbocycles. The van der Waals surface area contributed by atoms with E-state index >= 15 is 0 Å². The average Bonchev–Trinajstić information content (AvgIpc) is 2.70. The third-order valence-corrected chi connectivity index (χ3v) is 7.20. The third kappa shape index (κ3) is 4.47. The Bertz CT molecular complexity index is 862. The van der Waals surface area contributed by atoms with Crippen LogP contribution in [0.4, 0.5) is 13.6 Å². The predicted octanol–water partition coefficient (Wildman–Crippen LogP) is 4.48. The molecule has 176 valence electrons. The van der Waals surface area contributed by atoms with Crippen LogP contribution in [0.1, 0.15) is 70.9 Å². The van der Waals surface area contributed by atoms with E-state index in [4.69, 9.17) is 9.47 Å². The second-order valence-electron chi connectivity index (χ2n) is 10.5. The highest BCUT2D eigenvalue weighted by Gasteiger charge is 2.56. The third-order valence-electron chi connectivity index (χ3n) is 7.20. The molecule has 1 saturated carbocycles. The van der Waals surface area contributed by atoms with Crippen LogP contribution in [0.5, 0.6) is 0 Å². The summed E-state index contributed by atoms with van der Waals surface area (Å²) in [5.41, 5.74) is -1.32. The Hall–Kier alpha value is -2.22. The summed E-state index contributed by atoms with van der Waals surface area (Å²) in [6, 6.07) is 2.45. The zero-order valence-electron chi connectivity index (χ0n) is 19.0. The Morgan fingerprint density at radius 2 is 1.66 bits per heavy atom. The van der Waals surface area contributed by atoms with E-state index in [-0.39, 0.29) is 23.4 Å². The summed E-state index contributed by atoms with van der Waals surface area (Å²) >= 11 is 0. The van der Waals surface area contributed by atoms with Gasteiger partial charge in [-0.3, -0.25) is 9.69 Å². The molecule has 1 atom stereocenters. The fourth-order valence-corrected chi connectivity index (χ4v) is 5.34. The van der Waals surface area contributed by atoms with Crippen LogP contribution in [0.3, 0.4) is 0 Å². The van der Waals surface area contributed by atoms with E-state index in [2.05, 4.69) is 5.32 Å². The van der Waals surface area contributed by atoms with Crippen LogP contribution in [0.15, 0.2) is 18.2 Å². The number of hydrogen-bond donors (Lipinski definition) is 1. The number of amides is 2. The minimum absolute atomic E-state index is 0.0969. The molecule has 0 unspecified atom stereocenters. The molecule has 0 radical (unpaired) electrons. The average molecular weight is 451 g/mol. The van der Waals surface area contributed by atoms with Crippen LogP contribution in [-0.2, 0) is 14.3 Å². The normalized spacial score (nSPS) is 25.0. The standard InChI is InChI=1S/C24H32F2N2O4/c1-22(2,3)32-21(30)28-15-19(16-12-17(25)14-18(26)13-16)27-20(29)24(28)6-4-23(5-7-24)8-10-31-11-9-23/h12-14,19H,4-11,15H2,1-3H3,(H,27,29)/t19-/m0/s1. The fourth-order valence-electron chi connectivity index (χ4n) is 5.34. The van der Waals surface area contributed by atoms with E-state index in [0.717, 1.165) is 45.0 Å². The summed E-state index contributed by atoms with van der Waals surface area (Å²) in [5.74, 6) is -1.74. The van der Waals surface area contributed by atoms with Crippen LogP contribution >= 0.6 is 0 Å². The molecular weight excluding hydrogens is 418 g/mol. The van der Waals surface area contributed by atoms with Crippen molar-refractivity contribution in [1.82, 2.24) is 10.2 Å². The fraction of sp³-hybridized carbons (Fsp3) is 0.667. The maximum Gasteiger partial charge on any atom is 0.411 e. The molecule has 2 amide bonds. The number of carbonyl (C=O) groups excluding carboxylic acids is 2. The van der Waals surface area contributed by atoms with Crippen LogP contribution in [0.25, 0.3) is 0 Å². The van der Waals surface area contributed by atoms with Crippen molar-refractivity contribution in [2.45, 2.75) is 76.5 Å². The summed E-state index contributed by atoms with van der Waals surface area (Å²) in [4.78, 5) is 28.3. The van der Waals surface area contributed by atoms with Crippen molar-refractivity contribution in [3.05, 3.63) is 35.4 Å². The van der Waals surface area contributed by atoms with Crippen molar-refractivity contribution < 1.29 is 27.8 Å². The smallest absolute Gasteiger partial charge is 0.411 e. The molecule has 0 bridgehead atoms. The van der Waals surface area contributed by atoms with Crippen LogP contribution in [-0.4, -0.2) is 47.8 Å². The van der Waals surface area contributed by atoms with Crippen LogP contribution in [0.2, 0.25) is 0 Å². The monoisotopic (exact) mass is 450 g/mol. The highest BCUT2D eigenvalue weighted by Crippen LogP contribution is 2.50. The molecule has 2 spiro atoms. The number of hydrogen-bond acceptors (Lipinski definition) is 4. The van der Waals surface area contributed by atoms with Gasteiger partial charge in [-0.2, -0.15) is 0 Å². The van der Waals surface area contributed by atoms with Gasteiger partial charge in [0.1, 0.15) is 22.8 Å². The number of rotatable bonds is 1. The minimum Gasteiger partial charge on any atom is -0.444 e. The quantitative estimate of drug-likeness (QED) is 0.685. The number of carbonyl (C=O) groups is 2. The topological polar surface area (TPSA) is 67.9 Å². The first-order chi connectivity index (χ1) is 15.0. The van der Waals surface area contributed by atoms with Gasteiger partial charge in [0.05, 0.1) is 6.04 Å². The first kappa shape index (κ1) is 23.0. The Morgan fingerprint density at radius 3 is 2.22 bits per heavy atom. The van der Waals surface area contributed by atoms with Gasteiger partial charge in [0.15, 0.2) is 0 Å². The van der Waals surface area contributed by atoms with Gasteiger partial charge in [0, 0.05) is 25.8 Å². The summed E-state index contributed by atoms with van der Waals surface area (Å²) in [5, 5.41) is 2.94. The molecule has 2 aliphatic heterocycles. The molecule has 1 aromatic rings. The lowest BCUT2D eigenvalue weighted by Gasteiger charge is -2.54. The molecular formula is C24H32F2N2O4. The summed E-state index contributed by atoms with van der Waals surface area (Å²) in [6.45, 7) is 6.88. The second-order valence-corrected chi connectivity index (χ2v) is 10.5. The Balaban J connectivity index is 1.63. The van der Waals surface area contributed by atoms with Gasteiger partial charge in [-0.1, -0.05) is 0 Å². The zero-order valence-corrected chi connectivity index (χ0v) is 19.0. The lowest BCUT2D eigenvalue weighted by molar-refractivity contribution is -0.146. The van der Waals surface area contributed by atoms with Crippen molar-refractivity contribution in [3.63, 3.8) is 0 Å². The number of piperazine rings is 1. The van der Waals surface area contributed by atoms with E-state index in [1.54, 1.807) is 20.8 Å². The Kier molecular flexibility index (Phi) is 5.94. The molecule has 32 heavy (non-hydrogen) atoms. The lowest BCUT2D eigenvalue weighted by atomic mass is 9.62. The number of halogens is 2. The maximum absolute atomic E-state index is 13.8. The van der Waals surface area contributed by atoms with Gasteiger partial charge in [-0.15, -0.1) is 0 Å². The SMILES string of the molecule is CC(C)(C)OC(=O)N1C[C@@H](c2cc(F)cc(F)c2)NC(=O)C12CCC1(CCOCC1)CC2. The van der Waals surface area contributed by atoms with E-state index in [1.165, 1.54) is 17.0 Å². The largest absolute Gasteiger partial charge is 0.444 e. The van der Waals surface area contributed by atoms with Gasteiger partial charge < -0.3 is 14.8 Å². The van der Waals surface area contributed by atoms with E-state index in [1.807, 2.05) is 0 Å². The molecule has 2 heterocycles. The van der Waals surface area contributed by atoms with Crippen molar-refractivity contribution in [2.75, 3.05) is 19.8 Å². The van der Waals surface area contributed by atoms with Crippen LogP contribution < -0.4 is 5.32 Å². The number of nitrogens with zero attached hydrogens (tertiary/aromatic N) is 1. The van der Waals surface area contributed by atoms with Gasteiger partial charge in [0.2, 0.25) is 5.91 Å². The van der Waals surface area contributed by atoms with Crippen molar-refractivity contribution in [3.8, 4) is 0 Å². The summed E-state index contributed by atoms with van der Waals surface area (Å²) in [7, 11) is 0. The highest BCUT2D eigenvalue weighted by atomic mass is 19.1. The van der Waals surface area contributed by atoms with E-state index < -0.39 is 34.9 Å². The zero-order chi connectivity index (χ0) is 23.1. The maximum atomic E-state index is 13.8. The van der Waals surface area contributed by atoms with Crippen molar-refractivity contribution in [1.29, 1.82) is 0 Å². The van der Waals surface area contributed by atoms with Gasteiger partial charge in [-0.25, -0.2) is 13.6 Å². The Labute approximate surface area is 187 Å². The number of nitrogens with one attached hydrogen (secondary N) is 1. The van der Waals surface area contributed by atoms with Crippen molar-refractivity contribution >= 4 is 12.0 Å². The molecule has 1 N–H and O–H groups in total. The molecule has 3 fully saturated rings. The molecule has 3 aliphatic rings. The summed E-state index contributed by atoms with van der Waals surface area (Å²) in [6.07, 6.45) is 4.05. The van der Waals surface area contributed by atoms with E-state index in [9.17, 15) is 18.4 Å². The molecule has 0 aromatic heterocycles. The first-order valence-electron chi connectivity index (χ1n) is 11.4. The van der Waals surface area contributed by atoms with Crippen LogP contribution in [0, 0.1) is 17.0 Å². The number of ether oxygens (including phenoxy) is 2. The highest BCUT2D eigenvalue weighted by molar-refractivity contribution is 5.91. The lowest BCUT2D eigenvalue weighted by Crippen LogP contribution is -2.69. The number of benzene rings is 1. The minimum atomic E-state index is -1.02. The molecule has 2 saturated heterocycles. The van der Waals surface area contributed by atoms with Gasteiger partial charge in [0.25, 0.3) is 0 Å². The predicted molar refractivity (Wildman–Crippen MR) is 114 cm³/mol. The van der Waals surface area contributed by atoms with Gasteiger partial charge >= 0.3 is 6.09 Å².